The van der Waals surface area contributed by atoms with Crippen molar-refractivity contribution in [3.8, 4) is 17.2 Å². The number of ether oxygens (including phenoxy) is 2. The number of aromatic hydroxyl groups is 1. The molecule has 10 heteroatoms. The van der Waals surface area contributed by atoms with Crippen LogP contribution in [0.1, 0.15) is 34.0 Å². The van der Waals surface area contributed by atoms with Crippen LogP contribution in [0.5, 0.6) is 17.2 Å². The van der Waals surface area contributed by atoms with Crippen LogP contribution in [0.2, 0.25) is 0 Å². The predicted molar refractivity (Wildman–Crippen MR) is 128 cm³/mol. The standard InChI is InChI=1S/C23H18Br2FO6P/c1-23(29,33-30)14-10-17(24)21(18(25)11-14)32-15-4-6-20(27)13(9-15)7-12-3-5-16(19(26)8-12)22(28)31-2/h3-6,8-11,27,29H,7H2,1-2H3. The second kappa shape index (κ2) is 10.3. The number of aliphatic hydroxyl groups is 1. The molecular formula is C23H18Br2FO6P. The van der Waals surface area contributed by atoms with Crippen LogP contribution in [0.15, 0.2) is 57.5 Å². The van der Waals surface area contributed by atoms with Crippen LogP contribution in [-0.4, -0.2) is 23.3 Å². The fraction of sp³-hybridized carbons (Fsp3) is 0.174. The topological polar surface area (TPSA) is 93.1 Å². The number of benzene rings is 3. The Kier molecular flexibility index (Phi) is 7.90. The van der Waals surface area contributed by atoms with Crippen LogP contribution < -0.4 is 4.74 Å². The summed E-state index contributed by atoms with van der Waals surface area (Å²) in [5, 5.41) is 18.9. The average molecular weight is 600 g/mol. The van der Waals surface area contributed by atoms with E-state index in [0.717, 1.165) is 0 Å². The zero-order valence-corrected chi connectivity index (χ0v) is 21.5. The summed E-state index contributed by atoms with van der Waals surface area (Å²) in [5.41, 5.74) is 1.26. The van der Waals surface area contributed by atoms with E-state index in [1.54, 1.807) is 30.3 Å². The van der Waals surface area contributed by atoms with Crippen LogP contribution in [0.3, 0.4) is 0 Å². The van der Waals surface area contributed by atoms with E-state index in [0.29, 0.717) is 37.1 Å². The summed E-state index contributed by atoms with van der Waals surface area (Å²) in [6.07, 6.45) is 0.189. The first-order chi connectivity index (χ1) is 15.6. The lowest BCUT2D eigenvalue weighted by molar-refractivity contribution is 0.0595. The Labute approximate surface area is 207 Å². The molecule has 172 valence electrons. The van der Waals surface area contributed by atoms with Crippen molar-refractivity contribution in [2.45, 2.75) is 18.7 Å². The maximum absolute atomic E-state index is 14.3. The van der Waals surface area contributed by atoms with E-state index in [1.807, 2.05) is 0 Å². The Hall–Kier alpha value is -2.32. The quantitative estimate of drug-likeness (QED) is 0.232. The number of halogens is 3. The lowest BCUT2D eigenvalue weighted by Gasteiger charge is -2.18. The first-order valence-electron chi connectivity index (χ1n) is 9.48. The van der Waals surface area contributed by atoms with Crippen molar-refractivity contribution in [1.29, 1.82) is 0 Å². The Morgan fingerprint density at radius 1 is 1.12 bits per heavy atom. The smallest absolute Gasteiger partial charge is 0.340 e. The van der Waals surface area contributed by atoms with Gasteiger partial charge in [0.2, 0.25) is 0 Å². The van der Waals surface area contributed by atoms with Gasteiger partial charge < -0.3 is 19.7 Å². The van der Waals surface area contributed by atoms with Gasteiger partial charge in [-0.2, -0.15) is 0 Å². The fourth-order valence-corrected chi connectivity index (χ4v) is 4.62. The monoisotopic (exact) mass is 598 g/mol. The molecular weight excluding hydrogens is 582 g/mol. The molecule has 3 aromatic carbocycles. The molecule has 0 aliphatic carbocycles. The van der Waals surface area contributed by atoms with Crippen LogP contribution in [-0.2, 0) is 21.1 Å². The summed E-state index contributed by atoms with van der Waals surface area (Å²) < 4.78 is 37.0. The van der Waals surface area contributed by atoms with Gasteiger partial charge in [-0.3, -0.25) is 4.57 Å². The maximum atomic E-state index is 14.3. The molecule has 33 heavy (non-hydrogen) atoms. The van der Waals surface area contributed by atoms with Crippen LogP contribution in [0, 0.1) is 5.82 Å². The first-order valence-corrected chi connectivity index (χ1v) is 11.9. The van der Waals surface area contributed by atoms with Gasteiger partial charge in [-0.25, -0.2) is 9.18 Å². The average Bonchev–Trinajstić information content (AvgIpc) is 2.77. The molecule has 0 radical (unpaired) electrons. The molecule has 1 atom stereocenters. The van der Waals surface area contributed by atoms with Gasteiger partial charge >= 0.3 is 5.97 Å². The van der Waals surface area contributed by atoms with E-state index in [2.05, 4.69) is 36.6 Å². The molecule has 0 heterocycles. The van der Waals surface area contributed by atoms with Crippen molar-refractivity contribution < 1.29 is 33.4 Å². The molecule has 0 aliphatic rings. The number of rotatable bonds is 7. The molecule has 0 saturated heterocycles. The van der Waals surface area contributed by atoms with Crippen LogP contribution >= 0.6 is 40.3 Å². The van der Waals surface area contributed by atoms with Crippen LogP contribution in [0.4, 0.5) is 4.39 Å². The maximum Gasteiger partial charge on any atom is 0.340 e. The molecule has 6 nitrogen and oxygen atoms in total. The fourth-order valence-electron chi connectivity index (χ4n) is 3.03. The highest BCUT2D eigenvalue weighted by molar-refractivity contribution is 9.11. The largest absolute Gasteiger partial charge is 0.508 e. The van der Waals surface area contributed by atoms with Gasteiger partial charge in [-0.15, -0.1) is 0 Å². The minimum atomic E-state index is -1.56. The summed E-state index contributed by atoms with van der Waals surface area (Å²) >= 11 is 6.79. The number of esters is 1. The Morgan fingerprint density at radius 2 is 1.79 bits per heavy atom. The van der Waals surface area contributed by atoms with E-state index < -0.39 is 25.6 Å². The van der Waals surface area contributed by atoms with Crippen molar-refractivity contribution >= 4 is 46.3 Å². The Balaban J connectivity index is 1.88. The lowest BCUT2D eigenvalue weighted by atomic mass is 10.0. The SMILES string of the molecule is COC(=O)c1ccc(Cc2cc(Oc3c(Br)cc(C(C)(O)P=O)cc3Br)ccc2O)cc1F. The summed E-state index contributed by atoms with van der Waals surface area (Å²) in [4.78, 5) is 11.6. The van der Waals surface area contributed by atoms with Gasteiger partial charge in [-0.1, -0.05) is 6.07 Å². The van der Waals surface area contributed by atoms with E-state index in [1.165, 1.54) is 32.2 Å². The number of phenols is 1. The third kappa shape index (κ3) is 5.79. The number of hydrogen-bond acceptors (Lipinski definition) is 6. The van der Waals surface area contributed by atoms with Crippen molar-refractivity contribution in [2.24, 2.45) is 0 Å². The zero-order chi connectivity index (χ0) is 24.3. The van der Waals surface area contributed by atoms with Crippen molar-refractivity contribution in [2.75, 3.05) is 7.11 Å². The molecule has 0 aliphatic heterocycles. The molecule has 0 aromatic heterocycles. The van der Waals surface area contributed by atoms with Crippen molar-refractivity contribution in [3.63, 3.8) is 0 Å². The van der Waals surface area contributed by atoms with Crippen LogP contribution in [0.25, 0.3) is 0 Å². The number of hydrogen-bond donors (Lipinski definition) is 2. The Morgan fingerprint density at radius 3 is 2.36 bits per heavy atom. The molecule has 3 rings (SSSR count). The molecule has 0 fully saturated rings. The van der Waals surface area contributed by atoms with E-state index >= 15 is 0 Å². The molecule has 1 unspecified atom stereocenters. The van der Waals surface area contributed by atoms with Gasteiger partial charge in [0, 0.05) is 12.0 Å². The molecule has 0 bridgehead atoms. The van der Waals surface area contributed by atoms with Crippen molar-refractivity contribution in [3.05, 3.63) is 85.5 Å². The third-order valence-corrected chi connectivity index (χ3v) is 6.62. The number of carbonyl (C=O) groups is 1. The highest BCUT2D eigenvalue weighted by atomic mass is 79.9. The molecule has 3 aromatic rings. The van der Waals surface area contributed by atoms with Gasteiger partial charge in [0.1, 0.15) is 17.3 Å². The Bertz CT molecular complexity index is 1210. The zero-order valence-electron chi connectivity index (χ0n) is 17.4. The molecule has 2 N–H and O–H groups in total. The predicted octanol–water partition coefficient (Wildman–Crippen LogP) is 6.68. The van der Waals surface area contributed by atoms with E-state index in [4.69, 9.17) is 4.74 Å². The molecule has 0 saturated carbocycles. The molecule has 0 amide bonds. The summed E-state index contributed by atoms with van der Waals surface area (Å²) in [5.74, 6) is -0.679. The summed E-state index contributed by atoms with van der Waals surface area (Å²) in [6.45, 7) is 1.42. The van der Waals surface area contributed by atoms with Crippen molar-refractivity contribution in [1.82, 2.24) is 0 Å². The highest BCUT2D eigenvalue weighted by Gasteiger charge is 2.26. The van der Waals surface area contributed by atoms with Gasteiger partial charge in [0.05, 0.1) is 21.6 Å². The molecule has 0 spiro atoms. The number of carbonyl (C=O) groups excluding carboxylic acids is 1. The minimum absolute atomic E-state index is 0.00113. The van der Waals surface area contributed by atoms with Gasteiger partial charge in [-0.05, 0) is 92.4 Å². The first kappa shape index (κ1) is 25.3. The normalized spacial score (nSPS) is 12.9. The second-order valence-electron chi connectivity index (χ2n) is 7.26. The minimum Gasteiger partial charge on any atom is -0.508 e. The van der Waals surface area contributed by atoms with E-state index in [-0.39, 0.29) is 17.7 Å². The van der Waals surface area contributed by atoms with E-state index in [9.17, 15) is 24.0 Å². The highest BCUT2D eigenvalue weighted by Crippen LogP contribution is 2.43. The summed E-state index contributed by atoms with van der Waals surface area (Å²) in [7, 11) is 0.729. The third-order valence-electron chi connectivity index (χ3n) is 4.83. The lowest BCUT2D eigenvalue weighted by Crippen LogP contribution is -2.12. The van der Waals surface area contributed by atoms with Gasteiger partial charge in [0.15, 0.2) is 19.6 Å². The summed E-state index contributed by atoms with van der Waals surface area (Å²) in [6, 6.07) is 12.0. The second-order valence-corrected chi connectivity index (χ2v) is 10.0. The number of phenolic OH excluding ortho intramolecular Hbond substituents is 1. The van der Waals surface area contributed by atoms with Gasteiger partial charge in [0.25, 0.3) is 0 Å². The number of methoxy groups -OCH3 is 1.